The number of nitrogens with one attached hydrogen (secondary N) is 1. The number of esters is 1. The molecule has 1 aromatic carbocycles. The molecule has 0 saturated carbocycles. The summed E-state index contributed by atoms with van der Waals surface area (Å²) in [6.07, 6.45) is 0.905. The summed E-state index contributed by atoms with van der Waals surface area (Å²) < 4.78 is 4.80. The molecule has 0 spiro atoms. The molecule has 2 N–H and O–H groups in total. The highest BCUT2D eigenvalue weighted by atomic mass is 16.5. The summed E-state index contributed by atoms with van der Waals surface area (Å²) in [6, 6.07) is 6.62. The van der Waals surface area contributed by atoms with E-state index >= 15 is 0 Å². The first kappa shape index (κ1) is 14.5. The Labute approximate surface area is 108 Å². The van der Waals surface area contributed by atoms with Crippen LogP contribution >= 0.6 is 0 Å². The minimum Gasteiger partial charge on any atom is -0.508 e. The first-order chi connectivity index (χ1) is 8.58. The van der Waals surface area contributed by atoms with Gasteiger partial charge in [-0.05, 0) is 23.6 Å². The van der Waals surface area contributed by atoms with Gasteiger partial charge >= 0.3 is 5.97 Å². The third-order valence-corrected chi connectivity index (χ3v) is 3.13. The Hall–Kier alpha value is -1.55. The average Bonchev–Trinajstić information content (AvgIpc) is 2.40. The van der Waals surface area contributed by atoms with E-state index in [9.17, 15) is 9.90 Å². The predicted octanol–water partition coefficient (Wildman–Crippen LogP) is 2.07. The average molecular weight is 251 g/mol. The zero-order valence-electron chi connectivity index (χ0n) is 11.1. The second kappa shape index (κ2) is 7.01. The fourth-order valence-corrected chi connectivity index (χ4v) is 1.72. The molecule has 0 fully saturated rings. The largest absolute Gasteiger partial charge is 0.508 e. The van der Waals surface area contributed by atoms with Crippen molar-refractivity contribution in [3.8, 4) is 5.75 Å². The van der Waals surface area contributed by atoms with Crippen molar-refractivity contribution >= 4 is 5.97 Å². The van der Waals surface area contributed by atoms with Gasteiger partial charge in [0.15, 0.2) is 0 Å². The zero-order chi connectivity index (χ0) is 13.5. The van der Waals surface area contributed by atoms with Crippen molar-refractivity contribution in [2.24, 2.45) is 5.92 Å². The number of hydrogen-bond acceptors (Lipinski definition) is 4. The lowest BCUT2D eigenvalue weighted by molar-refractivity contribution is -0.144. The van der Waals surface area contributed by atoms with Gasteiger partial charge in [-0.2, -0.15) is 0 Å². The molecule has 100 valence electrons. The Morgan fingerprint density at radius 2 is 2.00 bits per heavy atom. The summed E-state index contributed by atoms with van der Waals surface area (Å²) >= 11 is 0. The van der Waals surface area contributed by atoms with Crippen molar-refractivity contribution in [2.45, 2.75) is 32.9 Å². The second-order valence-electron chi connectivity index (χ2n) is 4.43. The molecule has 4 nitrogen and oxygen atoms in total. The smallest absolute Gasteiger partial charge is 0.323 e. The van der Waals surface area contributed by atoms with Gasteiger partial charge in [0, 0.05) is 6.54 Å². The first-order valence-electron chi connectivity index (χ1n) is 6.17. The molecule has 0 bridgehead atoms. The van der Waals surface area contributed by atoms with Crippen molar-refractivity contribution < 1.29 is 14.6 Å². The van der Waals surface area contributed by atoms with Crippen LogP contribution in [0.4, 0.5) is 0 Å². The highest BCUT2D eigenvalue weighted by Gasteiger charge is 2.23. The summed E-state index contributed by atoms with van der Waals surface area (Å²) in [6.45, 7) is 4.64. The predicted molar refractivity (Wildman–Crippen MR) is 70.2 cm³/mol. The van der Waals surface area contributed by atoms with Gasteiger partial charge in [0.2, 0.25) is 0 Å². The summed E-state index contributed by atoms with van der Waals surface area (Å²) in [5, 5.41) is 12.4. The van der Waals surface area contributed by atoms with Crippen LogP contribution in [0.1, 0.15) is 25.8 Å². The summed E-state index contributed by atoms with van der Waals surface area (Å²) in [5.74, 6) is 0.225. The maximum absolute atomic E-state index is 11.7. The Morgan fingerprint density at radius 1 is 1.39 bits per heavy atom. The topological polar surface area (TPSA) is 58.6 Å². The highest BCUT2D eigenvalue weighted by Crippen LogP contribution is 2.12. The van der Waals surface area contributed by atoms with E-state index in [-0.39, 0.29) is 23.7 Å². The number of hydrogen-bond donors (Lipinski definition) is 2. The van der Waals surface area contributed by atoms with Crippen LogP contribution in [0, 0.1) is 5.92 Å². The molecule has 4 heteroatoms. The van der Waals surface area contributed by atoms with E-state index in [1.807, 2.05) is 26.0 Å². The molecule has 0 aliphatic carbocycles. The van der Waals surface area contributed by atoms with Crippen molar-refractivity contribution in [3.05, 3.63) is 29.8 Å². The van der Waals surface area contributed by atoms with Gasteiger partial charge < -0.3 is 15.2 Å². The molecular formula is C14H21NO3. The van der Waals surface area contributed by atoms with Crippen molar-refractivity contribution in [3.63, 3.8) is 0 Å². The molecule has 0 amide bonds. The molecule has 0 aromatic heterocycles. The van der Waals surface area contributed by atoms with E-state index in [1.165, 1.54) is 7.11 Å². The SMILES string of the molecule is CCC(C)C(NCc1ccc(O)cc1)C(=O)OC. The fraction of sp³-hybridized carbons (Fsp3) is 0.500. The molecule has 0 aliphatic heterocycles. The number of phenolic OH excluding ortho intramolecular Hbond substituents is 1. The van der Waals surface area contributed by atoms with Crippen LogP contribution in [0.2, 0.25) is 0 Å². The molecule has 0 saturated heterocycles. The number of rotatable bonds is 6. The Morgan fingerprint density at radius 3 is 2.50 bits per heavy atom. The van der Waals surface area contributed by atoms with Crippen molar-refractivity contribution in [1.29, 1.82) is 0 Å². The third kappa shape index (κ3) is 4.04. The van der Waals surface area contributed by atoms with Crippen LogP contribution in [0.3, 0.4) is 0 Å². The molecule has 18 heavy (non-hydrogen) atoms. The number of carbonyl (C=O) groups excluding carboxylic acids is 1. The maximum atomic E-state index is 11.7. The monoisotopic (exact) mass is 251 g/mol. The molecule has 0 heterocycles. The number of ether oxygens (including phenoxy) is 1. The summed E-state index contributed by atoms with van der Waals surface area (Å²) in [7, 11) is 1.40. The van der Waals surface area contributed by atoms with Crippen LogP contribution in [0.25, 0.3) is 0 Å². The van der Waals surface area contributed by atoms with Gasteiger partial charge in [-0.1, -0.05) is 32.4 Å². The van der Waals surface area contributed by atoms with E-state index in [2.05, 4.69) is 5.32 Å². The summed E-state index contributed by atoms with van der Waals surface area (Å²) in [4.78, 5) is 11.7. The van der Waals surface area contributed by atoms with Gasteiger partial charge in [-0.3, -0.25) is 4.79 Å². The van der Waals surface area contributed by atoms with E-state index in [0.717, 1.165) is 12.0 Å². The number of carbonyl (C=O) groups is 1. The lowest BCUT2D eigenvalue weighted by Crippen LogP contribution is -2.42. The second-order valence-corrected chi connectivity index (χ2v) is 4.43. The maximum Gasteiger partial charge on any atom is 0.323 e. The lowest BCUT2D eigenvalue weighted by atomic mass is 9.99. The van der Waals surface area contributed by atoms with Crippen LogP contribution in [-0.2, 0) is 16.1 Å². The van der Waals surface area contributed by atoms with Crippen molar-refractivity contribution in [2.75, 3.05) is 7.11 Å². The standard InChI is InChI=1S/C14H21NO3/c1-4-10(2)13(14(17)18-3)15-9-11-5-7-12(16)8-6-11/h5-8,10,13,15-16H,4,9H2,1-3H3. The molecule has 0 radical (unpaired) electrons. The Balaban J connectivity index is 2.61. The van der Waals surface area contributed by atoms with Crippen LogP contribution < -0.4 is 5.32 Å². The summed E-state index contributed by atoms with van der Waals surface area (Å²) in [5.41, 5.74) is 1.02. The number of aromatic hydroxyl groups is 1. The highest BCUT2D eigenvalue weighted by molar-refractivity contribution is 5.75. The molecule has 1 aromatic rings. The fourth-order valence-electron chi connectivity index (χ4n) is 1.72. The molecule has 1 rings (SSSR count). The van der Waals surface area contributed by atoms with E-state index in [1.54, 1.807) is 12.1 Å². The molecule has 0 aliphatic rings. The van der Waals surface area contributed by atoms with E-state index in [0.29, 0.717) is 6.54 Å². The quantitative estimate of drug-likeness (QED) is 0.760. The zero-order valence-corrected chi connectivity index (χ0v) is 11.1. The van der Waals surface area contributed by atoms with Gasteiger partial charge in [0.05, 0.1) is 7.11 Å². The van der Waals surface area contributed by atoms with Crippen LogP contribution in [-0.4, -0.2) is 24.2 Å². The normalized spacial score (nSPS) is 13.9. The van der Waals surface area contributed by atoms with Gasteiger partial charge in [0.25, 0.3) is 0 Å². The number of methoxy groups -OCH3 is 1. The molecular weight excluding hydrogens is 230 g/mol. The lowest BCUT2D eigenvalue weighted by Gasteiger charge is -2.21. The molecule has 2 unspecified atom stereocenters. The van der Waals surface area contributed by atoms with Crippen molar-refractivity contribution in [1.82, 2.24) is 5.32 Å². The minimum atomic E-state index is -0.297. The number of phenols is 1. The van der Waals surface area contributed by atoms with Crippen LogP contribution in [0.15, 0.2) is 24.3 Å². The van der Waals surface area contributed by atoms with Crippen LogP contribution in [0.5, 0.6) is 5.75 Å². The van der Waals surface area contributed by atoms with Gasteiger partial charge in [-0.25, -0.2) is 0 Å². The van der Waals surface area contributed by atoms with E-state index in [4.69, 9.17) is 4.74 Å². The van der Waals surface area contributed by atoms with Gasteiger partial charge in [0.1, 0.15) is 11.8 Å². The molecule has 2 atom stereocenters. The van der Waals surface area contributed by atoms with Gasteiger partial charge in [-0.15, -0.1) is 0 Å². The Bertz CT molecular complexity index is 375. The minimum absolute atomic E-state index is 0.217. The Kier molecular flexibility index (Phi) is 5.65. The number of benzene rings is 1. The first-order valence-corrected chi connectivity index (χ1v) is 6.17. The van der Waals surface area contributed by atoms with E-state index < -0.39 is 0 Å². The third-order valence-electron chi connectivity index (χ3n) is 3.13.